The fraction of sp³-hybridized carbons (Fsp3) is 0.350. The largest absolute Gasteiger partial charge is 0.490 e. The molecular weight excluding hydrogens is 401 g/mol. The van der Waals surface area contributed by atoms with Crippen LogP contribution >= 0.6 is 23.2 Å². The molecule has 2 aromatic rings. The van der Waals surface area contributed by atoms with Crippen LogP contribution in [0.3, 0.4) is 0 Å². The Labute approximate surface area is 174 Å². The van der Waals surface area contributed by atoms with Gasteiger partial charge in [0.15, 0.2) is 0 Å². The summed E-state index contributed by atoms with van der Waals surface area (Å²) in [6, 6.07) is 12.8. The van der Waals surface area contributed by atoms with Crippen molar-refractivity contribution in [2.75, 3.05) is 56.7 Å². The summed E-state index contributed by atoms with van der Waals surface area (Å²) in [5, 5.41) is 4.05. The van der Waals surface area contributed by atoms with Crippen molar-refractivity contribution in [3.05, 3.63) is 52.5 Å². The van der Waals surface area contributed by atoms with E-state index in [1.165, 1.54) is 0 Å². The standard InChI is InChI=1S/C20H23Cl2N3O3/c1-27-11-12-28-19-6-5-16(14-18(19)22)23-20(26)25-9-7-24(8-10-25)17-4-2-3-15(21)13-17/h2-6,13-14H,7-12H2,1H3,(H,23,26). The zero-order valence-electron chi connectivity index (χ0n) is 15.7. The summed E-state index contributed by atoms with van der Waals surface area (Å²) < 4.78 is 10.5. The van der Waals surface area contributed by atoms with Gasteiger partial charge in [-0.25, -0.2) is 4.79 Å². The van der Waals surface area contributed by atoms with Gasteiger partial charge in [-0.2, -0.15) is 0 Å². The summed E-state index contributed by atoms with van der Waals surface area (Å²) in [4.78, 5) is 16.6. The molecule has 0 aromatic heterocycles. The molecule has 28 heavy (non-hydrogen) atoms. The number of nitrogens with one attached hydrogen (secondary N) is 1. The van der Waals surface area contributed by atoms with Crippen LogP contribution in [0.2, 0.25) is 10.0 Å². The Morgan fingerprint density at radius 3 is 2.54 bits per heavy atom. The van der Waals surface area contributed by atoms with Gasteiger partial charge in [0.2, 0.25) is 0 Å². The van der Waals surface area contributed by atoms with Crippen LogP contribution in [0.1, 0.15) is 0 Å². The van der Waals surface area contributed by atoms with Crippen molar-refractivity contribution in [1.82, 2.24) is 4.90 Å². The average Bonchev–Trinajstić information content (AvgIpc) is 2.70. The van der Waals surface area contributed by atoms with E-state index < -0.39 is 0 Å². The van der Waals surface area contributed by atoms with Crippen LogP contribution in [0.15, 0.2) is 42.5 Å². The number of ether oxygens (including phenoxy) is 2. The third kappa shape index (κ3) is 5.44. The van der Waals surface area contributed by atoms with E-state index in [0.717, 1.165) is 18.8 Å². The first-order valence-corrected chi connectivity index (χ1v) is 9.80. The second kappa shape index (κ2) is 9.87. The maximum Gasteiger partial charge on any atom is 0.321 e. The number of amides is 2. The van der Waals surface area contributed by atoms with Gasteiger partial charge in [-0.1, -0.05) is 29.3 Å². The van der Waals surface area contributed by atoms with Crippen molar-refractivity contribution in [2.45, 2.75) is 0 Å². The molecule has 2 amide bonds. The molecule has 2 aromatic carbocycles. The highest BCUT2D eigenvalue weighted by Crippen LogP contribution is 2.28. The van der Waals surface area contributed by atoms with Gasteiger partial charge in [0.1, 0.15) is 12.4 Å². The summed E-state index contributed by atoms with van der Waals surface area (Å²) in [7, 11) is 1.61. The molecule has 0 spiro atoms. The highest BCUT2D eigenvalue weighted by Gasteiger charge is 2.21. The van der Waals surface area contributed by atoms with Crippen LogP contribution in [-0.2, 0) is 4.74 Å². The Balaban J connectivity index is 1.52. The van der Waals surface area contributed by atoms with E-state index in [-0.39, 0.29) is 6.03 Å². The molecule has 150 valence electrons. The normalized spacial score (nSPS) is 14.1. The predicted octanol–water partition coefficient (Wildman–Crippen LogP) is 4.37. The summed E-state index contributed by atoms with van der Waals surface area (Å²) in [6.45, 7) is 3.66. The minimum absolute atomic E-state index is 0.144. The zero-order chi connectivity index (χ0) is 19.9. The molecule has 0 bridgehead atoms. The van der Waals surface area contributed by atoms with Gasteiger partial charge in [-0.3, -0.25) is 0 Å². The molecule has 1 aliphatic rings. The van der Waals surface area contributed by atoms with Crippen LogP contribution in [0.25, 0.3) is 0 Å². The first-order chi connectivity index (χ1) is 13.6. The number of carbonyl (C=O) groups excluding carboxylic acids is 1. The third-order valence-corrected chi connectivity index (χ3v) is 5.00. The van der Waals surface area contributed by atoms with Crippen molar-refractivity contribution in [2.24, 2.45) is 0 Å². The molecule has 0 aliphatic carbocycles. The molecule has 3 rings (SSSR count). The van der Waals surface area contributed by atoms with Gasteiger partial charge in [0.05, 0.1) is 11.6 Å². The maximum atomic E-state index is 12.6. The fourth-order valence-corrected chi connectivity index (χ4v) is 3.39. The number of halogens is 2. The van der Waals surface area contributed by atoms with Crippen molar-refractivity contribution in [1.29, 1.82) is 0 Å². The summed E-state index contributed by atoms with van der Waals surface area (Å²) in [5.41, 5.74) is 1.70. The van der Waals surface area contributed by atoms with Gasteiger partial charge in [0, 0.05) is 49.7 Å². The number of hydrogen-bond acceptors (Lipinski definition) is 4. The number of anilines is 2. The number of carbonyl (C=O) groups is 1. The SMILES string of the molecule is COCCOc1ccc(NC(=O)N2CCN(c3cccc(Cl)c3)CC2)cc1Cl. The number of hydrogen-bond donors (Lipinski definition) is 1. The highest BCUT2D eigenvalue weighted by atomic mass is 35.5. The second-order valence-corrected chi connectivity index (χ2v) is 7.21. The summed E-state index contributed by atoms with van der Waals surface area (Å²) in [5.74, 6) is 0.562. The lowest BCUT2D eigenvalue weighted by Gasteiger charge is -2.36. The molecule has 1 aliphatic heterocycles. The number of nitrogens with zero attached hydrogens (tertiary/aromatic N) is 2. The molecule has 0 saturated carbocycles. The van der Waals surface area contributed by atoms with Crippen molar-refractivity contribution in [3.8, 4) is 5.75 Å². The third-order valence-electron chi connectivity index (χ3n) is 4.47. The number of urea groups is 1. The van der Waals surface area contributed by atoms with E-state index in [1.807, 2.05) is 24.3 Å². The first-order valence-electron chi connectivity index (χ1n) is 9.04. The van der Waals surface area contributed by atoms with Gasteiger partial charge < -0.3 is 24.6 Å². The van der Waals surface area contributed by atoms with Crippen LogP contribution in [0.4, 0.5) is 16.2 Å². The second-order valence-electron chi connectivity index (χ2n) is 6.37. The predicted molar refractivity (Wildman–Crippen MR) is 113 cm³/mol. The van der Waals surface area contributed by atoms with Gasteiger partial charge in [-0.05, 0) is 36.4 Å². The first kappa shape index (κ1) is 20.6. The molecule has 1 heterocycles. The molecule has 6 nitrogen and oxygen atoms in total. The van der Waals surface area contributed by atoms with E-state index in [0.29, 0.717) is 47.8 Å². The van der Waals surface area contributed by atoms with Gasteiger partial charge >= 0.3 is 6.03 Å². The lowest BCUT2D eigenvalue weighted by molar-refractivity contribution is 0.146. The molecule has 1 fully saturated rings. The average molecular weight is 424 g/mol. The fourth-order valence-electron chi connectivity index (χ4n) is 2.97. The summed E-state index contributed by atoms with van der Waals surface area (Å²) in [6.07, 6.45) is 0. The summed E-state index contributed by atoms with van der Waals surface area (Å²) >= 11 is 12.3. The molecule has 1 N–H and O–H groups in total. The monoisotopic (exact) mass is 423 g/mol. The molecule has 1 saturated heterocycles. The van der Waals surface area contributed by atoms with E-state index >= 15 is 0 Å². The van der Waals surface area contributed by atoms with Crippen molar-refractivity contribution >= 4 is 40.6 Å². The van der Waals surface area contributed by atoms with Gasteiger partial charge in [-0.15, -0.1) is 0 Å². The Bertz CT molecular complexity index is 811. The van der Waals surface area contributed by atoms with E-state index in [2.05, 4.69) is 10.2 Å². The maximum absolute atomic E-state index is 12.6. The number of rotatable bonds is 6. The number of piperazine rings is 1. The Morgan fingerprint density at radius 1 is 1.07 bits per heavy atom. The number of methoxy groups -OCH3 is 1. The smallest absolute Gasteiger partial charge is 0.321 e. The van der Waals surface area contributed by atoms with Crippen LogP contribution in [-0.4, -0.2) is 57.4 Å². The Morgan fingerprint density at radius 2 is 1.86 bits per heavy atom. The lowest BCUT2D eigenvalue weighted by Crippen LogP contribution is -2.50. The van der Waals surface area contributed by atoms with Crippen LogP contribution in [0.5, 0.6) is 5.75 Å². The Kier molecular flexibility index (Phi) is 7.25. The van der Waals surface area contributed by atoms with Crippen LogP contribution in [0, 0.1) is 0 Å². The minimum Gasteiger partial charge on any atom is -0.490 e. The Hall–Kier alpha value is -2.15. The molecule has 0 radical (unpaired) electrons. The topological polar surface area (TPSA) is 54.0 Å². The minimum atomic E-state index is -0.144. The molecule has 8 heteroatoms. The lowest BCUT2D eigenvalue weighted by atomic mass is 10.2. The van der Waals surface area contributed by atoms with E-state index in [9.17, 15) is 4.79 Å². The van der Waals surface area contributed by atoms with Crippen molar-refractivity contribution < 1.29 is 14.3 Å². The molecule has 0 atom stereocenters. The molecular formula is C20H23Cl2N3O3. The van der Waals surface area contributed by atoms with Crippen molar-refractivity contribution in [3.63, 3.8) is 0 Å². The highest BCUT2D eigenvalue weighted by molar-refractivity contribution is 6.32. The number of benzene rings is 2. The molecule has 0 unspecified atom stereocenters. The van der Waals surface area contributed by atoms with E-state index in [4.69, 9.17) is 32.7 Å². The van der Waals surface area contributed by atoms with Crippen LogP contribution < -0.4 is 15.0 Å². The van der Waals surface area contributed by atoms with Gasteiger partial charge in [0.25, 0.3) is 0 Å². The van der Waals surface area contributed by atoms with E-state index in [1.54, 1.807) is 30.2 Å². The zero-order valence-corrected chi connectivity index (χ0v) is 17.2. The quantitative estimate of drug-likeness (QED) is 0.700.